The lowest BCUT2D eigenvalue weighted by atomic mass is 10.3. The van der Waals surface area contributed by atoms with Crippen LogP contribution in [0.25, 0.3) is 11.1 Å². The zero-order valence-electron chi connectivity index (χ0n) is 11.1. The molecule has 112 valence electrons. The Morgan fingerprint density at radius 3 is 2.70 bits per heavy atom. The minimum atomic E-state index is 0. The van der Waals surface area contributed by atoms with Crippen LogP contribution in [0.3, 0.4) is 0 Å². The molecule has 0 bridgehead atoms. The van der Waals surface area contributed by atoms with E-state index in [9.17, 15) is 0 Å². The number of fused-ring (bicyclic) bond motifs is 1. The lowest BCUT2D eigenvalue weighted by Gasteiger charge is -2.26. The quantitative estimate of drug-likeness (QED) is 0.870. The summed E-state index contributed by atoms with van der Waals surface area (Å²) >= 11 is 1.70. The number of hydrogen-bond acceptors (Lipinski definition) is 5. The third kappa shape index (κ3) is 4.53. The van der Waals surface area contributed by atoms with Gasteiger partial charge in [-0.1, -0.05) is 23.9 Å². The molecule has 0 aliphatic carbocycles. The molecule has 0 saturated carbocycles. The highest BCUT2D eigenvalue weighted by molar-refractivity contribution is 7.99. The molecule has 1 aliphatic rings. The number of para-hydroxylation sites is 2. The molecule has 1 N–H and O–H groups in total. The number of benzene rings is 1. The van der Waals surface area contributed by atoms with Crippen molar-refractivity contribution in [3.8, 4) is 0 Å². The van der Waals surface area contributed by atoms with E-state index in [2.05, 4.69) is 15.2 Å². The zero-order valence-corrected chi connectivity index (χ0v) is 13.5. The molecule has 0 radical (unpaired) electrons. The Bertz CT molecular complexity index is 484. The number of nitrogens with one attached hydrogen (secondary N) is 1. The minimum absolute atomic E-state index is 0. The molecule has 1 fully saturated rings. The van der Waals surface area contributed by atoms with Gasteiger partial charge in [-0.15, -0.1) is 24.8 Å². The normalized spacial score (nSPS) is 15.6. The van der Waals surface area contributed by atoms with E-state index in [0.717, 1.165) is 54.8 Å². The largest absolute Gasteiger partial charge is 0.431 e. The average Bonchev–Trinajstić information content (AvgIpc) is 2.82. The van der Waals surface area contributed by atoms with Gasteiger partial charge in [-0.25, -0.2) is 4.98 Å². The van der Waals surface area contributed by atoms with Crippen LogP contribution >= 0.6 is 36.6 Å². The number of nitrogens with zero attached hydrogens (tertiary/aromatic N) is 2. The fraction of sp³-hybridized carbons (Fsp3) is 0.462. The van der Waals surface area contributed by atoms with Crippen molar-refractivity contribution in [2.45, 2.75) is 5.22 Å². The summed E-state index contributed by atoms with van der Waals surface area (Å²) in [4.78, 5) is 6.94. The summed E-state index contributed by atoms with van der Waals surface area (Å²) in [6.45, 7) is 5.61. The molecule has 1 aliphatic heterocycles. The summed E-state index contributed by atoms with van der Waals surface area (Å²) < 4.78 is 5.68. The summed E-state index contributed by atoms with van der Waals surface area (Å²) in [6, 6.07) is 7.91. The van der Waals surface area contributed by atoms with Gasteiger partial charge in [0.15, 0.2) is 5.58 Å². The molecule has 1 aromatic carbocycles. The summed E-state index contributed by atoms with van der Waals surface area (Å²) in [5.74, 6) is 1.03. The standard InChI is InChI=1S/C13H17N3OS.2ClH/c1-2-4-12-11(3-1)15-13(17-12)18-10-9-16-7-5-14-6-8-16;;/h1-4,14H,5-10H2;2*1H. The highest BCUT2D eigenvalue weighted by Crippen LogP contribution is 2.22. The smallest absolute Gasteiger partial charge is 0.256 e. The summed E-state index contributed by atoms with van der Waals surface area (Å²) in [6.07, 6.45) is 0. The van der Waals surface area contributed by atoms with Crippen LogP contribution in [-0.2, 0) is 0 Å². The number of aromatic nitrogens is 1. The highest BCUT2D eigenvalue weighted by Gasteiger charge is 2.10. The van der Waals surface area contributed by atoms with Crippen molar-refractivity contribution in [1.82, 2.24) is 15.2 Å². The van der Waals surface area contributed by atoms with E-state index in [0.29, 0.717) is 0 Å². The molecule has 4 nitrogen and oxygen atoms in total. The topological polar surface area (TPSA) is 41.3 Å². The van der Waals surface area contributed by atoms with E-state index in [1.165, 1.54) is 0 Å². The van der Waals surface area contributed by atoms with E-state index in [4.69, 9.17) is 4.42 Å². The van der Waals surface area contributed by atoms with Crippen LogP contribution in [0, 0.1) is 0 Å². The molecule has 2 heterocycles. The monoisotopic (exact) mass is 335 g/mol. The van der Waals surface area contributed by atoms with E-state index >= 15 is 0 Å². The average molecular weight is 336 g/mol. The maximum atomic E-state index is 5.68. The van der Waals surface area contributed by atoms with Crippen molar-refractivity contribution in [1.29, 1.82) is 0 Å². The first-order valence-corrected chi connectivity index (χ1v) is 7.32. The van der Waals surface area contributed by atoms with Crippen LogP contribution in [0.2, 0.25) is 0 Å². The fourth-order valence-corrected chi connectivity index (χ4v) is 2.95. The molecular formula is C13H19Cl2N3OS. The molecule has 1 saturated heterocycles. The first kappa shape index (κ1) is 17.6. The molecular weight excluding hydrogens is 317 g/mol. The Morgan fingerprint density at radius 1 is 1.20 bits per heavy atom. The van der Waals surface area contributed by atoms with E-state index < -0.39 is 0 Å². The van der Waals surface area contributed by atoms with Crippen molar-refractivity contribution in [3.63, 3.8) is 0 Å². The second-order valence-electron chi connectivity index (χ2n) is 4.39. The molecule has 20 heavy (non-hydrogen) atoms. The molecule has 3 rings (SSSR count). The number of halogens is 2. The third-order valence-electron chi connectivity index (χ3n) is 3.12. The number of hydrogen-bond donors (Lipinski definition) is 1. The van der Waals surface area contributed by atoms with E-state index in [1.807, 2.05) is 24.3 Å². The maximum absolute atomic E-state index is 5.68. The van der Waals surface area contributed by atoms with Gasteiger partial charge < -0.3 is 9.73 Å². The van der Waals surface area contributed by atoms with Gasteiger partial charge in [-0.05, 0) is 12.1 Å². The van der Waals surface area contributed by atoms with Gasteiger partial charge in [0.25, 0.3) is 5.22 Å². The first-order valence-electron chi connectivity index (χ1n) is 6.33. The van der Waals surface area contributed by atoms with Crippen LogP contribution in [0.15, 0.2) is 33.9 Å². The van der Waals surface area contributed by atoms with Crippen molar-refractivity contribution in [2.75, 3.05) is 38.5 Å². The Hall–Kier alpha value is -0.460. The van der Waals surface area contributed by atoms with E-state index in [-0.39, 0.29) is 24.8 Å². The Kier molecular flexibility index (Phi) is 7.69. The van der Waals surface area contributed by atoms with Gasteiger partial charge in [-0.3, -0.25) is 4.90 Å². The second kappa shape index (κ2) is 8.74. The molecule has 0 atom stereocenters. The summed E-state index contributed by atoms with van der Waals surface area (Å²) in [5.41, 5.74) is 1.82. The van der Waals surface area contributed by atoms with Crippen molar-refractivity contribution < 1.29 is 4.42 Å². The van der Waals surface area contributed by atoms with Gasteiger partial charge in [-0.2, -0.15) is 0 Å². The predicted octanol–water partition coefficient (Wildman–Crippen LogP) is 2.67. The van der Waals surface area contributed by atoms with Gasteiger partial charge in [0, 0.05) is 38.5 Å². The van der Waals surface area contributed by atoms with Crippen LogP contribution in [0.5, 0.6) is 0 Å². The van der Waals surface area contributed by atoms with E-state index in [1.54, 1.807) is 11.8 Å². The molecule has 2 aromatic rings. The first-order chi connectivity index (χ1) is 8.92. The number of thioether (sulfide) groups is 1. The molecule has 1 aromatic heterocycles. The Labute approximate surface area is 135 Å². The molecule has 0 unspecified atom stereocenters. The third-order valence-corrected chi connectivity index (χ3v) is 3.93. The predicted molar refractivity (Wildman–Crippen MR) is 88.5 cm³/mol. The second-order valence-corrected chi connectivity index (χ2v) is 5.43. The highest BCUT2D eigenvalue weighted by atomic mass is 35.5. The maximum Gasteiger partial charge on any atom is 0.256 e. The summed E-state index contributed by atoms with van der Waals surface area (Å²) in [7, 11) is 0. The molecule has 0 spiro atoms. The van der Waals surface area contributed by atoms with Crippen LogP contribution in [-0.4, -0.2) is 48.4 Å². The minimum Gasteiger partial charge on any atom is -0.431 e. The molecule has 7 heteroatoms. The van der Waals surface area contributed by atoms with Gasteiger partial charge >= 0.3 is 0 Å². The van der Waals surface area contributed by atoms with Crippen LogP contribution in [0.1, 0.15) is 0 Å². The van der Waals surface area contributed by atoms with Crippen molar-refractivity contribution in [2.24, 2.45) is 0 Å². The Balaban J connectivity index is 0.000001000. The fourth-order valence-electron chi connectivity index (χ4n) is 2.11. The number of piperazine rings is 1. The molecule has 0 amide bonds. The van der Waals surface area contributed by atoms with Gasteiger partial charge in [0.2, 0.25) is 0 Å². The van der Waals surface area contributed by atoms with Crippen LogP contribution < -0.4 is 5.32 Å². The lowest BCUT2D eigenvalue weighted by molar-refractivity contribution is 0.255. The number of oxazole rings is 1. The van der Waals surface area contributed by atoms with Crippen molar-refractivity contribution in [3.05, 3.63) is 24.3 Å². The SMILES string of the molecule is Cl.Cl.c1ccc2oc(SCCN3CCNCC3)nc2c1. The number of rotatable bonds is 4. The van der Waals surface area contributed by atoms with Gasteiger partial charge in [0.05, 0.1) is 0 Å². The summed E-state index contributed by atoms with van der Waals surface area (Å²) in [5, 5.41) is 4.14. The van der Waals surface area contributed by atoms with Crippen LogP contribution in [0.4, 0.5) is 0 Å². The van der Waals surface area contributed by atoms with Crippen molar-refractivity contribution >= 4 is 47.7 Å². The lowest BCUT2D eigenvalue weighted by Crippen LogP contribution is -2.44. The zero-order chi connectivity index (χ0) is 12.2. The Morgan fingerprint density at radius 2 is 1.95 bits per heavy atom. The van der Waals surface area contributed by atoms with Gasteiger partial charge in [0.1, 0.15) is 5.52 Å².